The van der Waals surface area contributed by atoms with Gasteiger partial charge in [-0.05, 0) is 38.0 Å². The van der Waals surface area contributed by atoms with Crippen molar-refractivity contribution in [2.75, 3.05) is 20.2 Å². The van der Waals surface area contributed by atoms with E-state index in [-0.39, 0.29) is 24.0 Å². The van der Waals surface area contributed by atoms with E-state index in [0.29, 0.717) is 6.54 Å². The molecule has 0 aliphatic heterocycles. The van der Waals surface area contributed by atoms with Crippen LogP contribution in [0.3, 0.4) is 0 Å². The summed E-state index contributed by atoms with van der Waals surface area (Å²) in [4.78, 5) is 10.1. The summed E-state index contributed by atoms with van der Waals surface area (Å²) >= 11 is 1.77. The zero-order valence-electron chi connectivity index (χ0n) is 16.0. The molecule has 1 aromatic carbocycles. The zero-order chi connectivity index (χ0) is 18.1. The van der Waals surface area contributed by atoms with Gasteiger partial charge in [-0.25, -0.2) is 4.98 Å². The first kappa shape index (κ1) is 22.7. The Balaban J connectivity index is 0.00000338. The van der Waals surface area contributed by atoms with Gasteiger partial charge in [-0.2, -0.15) is 0 Å². The van der Waals surface area contributed by atoms with Crippen LogP contribution < -0.4 is 15.4 Å². The molecule has 0 saturated heterocycles. The predicted octanol–water partition coefficient (Wildman–Crippen LogP) is 4.07. The molecule has 144 valence electrons. The highest BCUT2D eigenvalue weighted by Gasteiger charge is 2.04. The summed E-state index contributed by atoms with van der Waals surface area (Å²) in [6.45, 7) is 8.54. The van der Waals surface area contributed by atoms with Crippen LogP contribution in [0.5, 0.6) is 5.75 Å². The summed E-state index contributed by atoms with van der Waals surface area (Å²) < 4.78 is 5.68. The number of nitrogens with one attached hydrogen (secondary N) is 2. The maximum atomic E-state index is 5.68. The van der Waals surface area contributed by atoms with Gasteiger partial charge < -0.3 is 15.4 Å². The smallest absolute Gasteiger partial charge is 0.191 e. The highest BCUT2D eigenvalue weighted by atomic mass is 127. The van der Waals surface area contributed by atoms with Gasteiger partial charge in [0.25, 0.3) is 0 Å². The van der Waals surface area contributed by atoms with Crippen molar-refractivity contribution < 1.29 is 4.74 Å². The van der Waals surface area contributed by atoms with Crippen molar-refractivity contribution in [3.8, 4) is 5.75 Å². The van der Waals surface area contributed by atoms with Crippen LogP contribution in [0.2, 0.25) is 0 Å². The largest absolute Gasteiger partial charge is 0.494 e. The molecule has 0 amide bonds. The standard InChI is InChI=1S/C19H28N4OS.HI/c1-5-11-24-17-8-6-7-16(12-17)13-22-19(20-4)21-10-9-18-23-14(2)15(3)25-18;/h6-8,12H,5,9-11,13H2,1-4H3,(H2,20,21,22);1H. The third-order valence-corrected chi connectivity index (χ3v) is 4.89. The highest BCUT2D eigenvalue weighted by molar-refractivity contribution is 14.0. The summed E-state index contributed by atoms with van der Waals surface area (Å²) in [5.74, 6) is 1.71. The maximum absolute atomic E-state index is 5.68. The molecule has 0 atom stereocenters. The number of guanidine groups is 1. The molecule has 0 fully saturated rings. The van der Waals surface area contributed by atoms with Crippen LogP contribution in [-0.4, -0.2) is 31.1 Å². The normalized spacial score (nSPS) is 11.0. The molecule has 26 heavy (non-hydrogen) atoms. The number of nitrogens with zero attached hydrogens (tertiary/aromatic N) is 2. The molecule has 0 radical (unpaired) electrons. The first-order chi connectivity index (χ1) is 12.1. The van der Waals surface area contributed by atoms with E-state index in [4.69, 9.17) is 4.74 Å². The summed E-state index contributed by atoms with van der Waals surface area (Å²) in [7, 11) is 1.79. The number of benzene rings is 1. The molecule has 0 aliphatic rings. The van der Waals surface area contributed by atoms with Gasteiger partial charge in [0.15, 0.2) is 5.96 Å². The highest BCUT2D eigenvalue weighted by Crippen LogP contribution is 2.16. The van der Waals surface area contributed by atoms with Crippen LogP contribution in [0.1, 0.15) is 34.5 Å². The van der Waals surface area contributed by atoms with E-state index in [1.165, 1.54) is 15.4 Å². The Labute approximate surface area is 177 Å². The van der Waals surface area contributed by atoms with Crippen LogP contribution in [-0.2, 0) is 13.0 Å². The maximum Gasteiger partial charge on any atom is 0.191 e. The van der Waals surface area contributed by atoms with Crippen LogP contribution in [0.4, 0.5) is 0 Å². The van der Waals surface area contributed by atoms with E-state index >= 15 is 0 Å². The fourth-order valence-corrected chi connectivity index (χ4v) is 3.24. The quantitative estimate of drug-likeness (QED) is 0.334. The van der Waals surface area contributed by atoms with Crippen molar-refractivity contribution in [1.82, 2.24) is 15.6 Å². The predicted molar refractivity (Wildman–Crippen MR) is 121 cm³/mol. The second-order valence-corrected chi connectivity index (χ2v) is 7.14. The van der Waals surface area contributed by atoms with Gasteiger partial charge in [-0.3, -0.25) is 4.99 Å². The van der Waals surface area contributed by atoms with Gasteiger partial charge in [-0.1, -0.05) is 19.1 Å². The van der Waals surface area contributed by atoms with Crippen molar-refractivity contribution in [2.24, 2.45) is 4.99 Å². The molecule has 0 bridgehead atoms. The second-order valence-electron chi connectivity index (χ2n) is 5.85. The number of rotatable bonds is 8. The average Bonchev–Trinajstić information content (AvgIpc) is 2.94. The Morgan fingerprint density at radius 2 is 2.08 bits per heavy atom. The number of aromatic nitrogens is 1. The topological polar surface area (TPSA) is 58.5 Å². The number of hydrogen-bond acceptors (Lipinski definition) is 4. The molecule has 2 rings (SSSR count). The SMILES string of the molecule is CCCOc1cccc(CNC(=NC)NCCc2nc(C)c(C)s2)c1.I. The first-order valence-corrected chi connectivity index (χ1v) is 9.53. The third kappa shape index (κ3) is 7.49. The number of aryl methyl sites for hydroxylation is 2. The Bertz CT molecular complexity index is 683. The molecule has 1 aromatic heterocycles. The Kier molecular flexibility index (Phi) is 10.6. The number of hydrogen-bond donors (Lipinski definition) is 2. The van der Waals surface area contributed by atoms with E-state index in [2.05, 4.69) is 53.5 Å². The molecule has 2 aromatic rings. The molecule has 0 aliphatic carbocycles. The van der Waals surface area contributed by atoms with Gasteiger partial charge >= 0.3 is 0 Å². The van der Waals surface area contributed by atoms with Crippen LogP contribution >= 0.6 is 35.3 Å². The molecular formula is C19H29IN4OS. The monoisotopic (exact) mass is 488 g/mol. The number of halogens is 1. The van der Waals surface area contributed by atoms with Crippen LogP contribution in [0, 0.1) is 13.8 Å². The lowest BCUT2D eigenvalue weighted by Gasteiger charge is -2.12. The summed E-state index contributed by atoms with van der Waals surface area (Å²) in [5, 5.41) is 7.84. The van der Waals surface area contributed by atoms with Crippen molar-refractivity contribution in [3.63, 3.8) is 0 Å². The Morgan fingerprint density at radius 3 is 2.73 bits per heavy atom. The van der Waals surface area contributed by atoms with Gasteiger partial charge in [0, 0.05) is 31.4 Å². The summed E-state index contributed by atoms with van der Waals surface area (Å²) in [6.07, 6.45) is 1.91. The number of thiazole rings is 1. The fourth-order valence-electron chi connectivity index (χ4n) is 2.31. The minimum absolute atomic E-state index is 0. The van der Waals surface area contributed by atoms with Gasteiger partial charge in [-0.15, -0.1) is 35.3 Å². The van der Waals surface area contributed by atoms with Gasteiger partial charge in [0.1, 0.15) is 5.75 Å². The lowest BCUT2D eigenvalue weighted by molar-refractivity contribution is 0.317. The number of ether oxygens (including phenoxy) is 1. The molecule has 0 unspecified atom stereocenters. The van der Waals surface area contributed by atoms with Crippen molar-refractivity contribution >= 4 is 41.3 Å². The zero-order valence-corrected chi connectivity index (χ0v) is 19.1. The molecule has 0 saturated carbocycles. The van der Waals surface area contributed by atoms with Crippen molar-refractivity contribution in [2.45, 2.75) is 40.2 Å². The van der Waals surface area contributed by atoms with E-state index in [1.54, 1.807) is 18.4 Å². The van der Waals surface area contributed by atoms with E-state index in [1.807, 2.05) is 12.1 Å². The first-order valence-electron chi connectivity index (χ1n) is 8.71. The van der Waals surface area contributed by atoms with Crippen molar-refractivity contribution in [3.05, 3.63) is 45.4 Å². The van der Waals surface area contributed by atoms with E-state index in [9.17, 15) is 0 Å². The van der Waals surface area contributed by atoms with Crippen molar-refractivity contribution in [1.29, 1.82) is 0 Å². The van der Waals surface area contributed by atoms with Gasteiger partial charge in [0.05, 0.1) is 17.3 Å². The fraction of sp³-hybridized carbons (Fsp3) is 0.474. The third-order valence-electron chi connectivity index (χ3n) is 3.76. The summed E-state index contributed by atoms with van der Waals surface area (Å²) in [5.41, 5.74) is 2.30. The molecular weight excluding hydrogens is 459 g/mol. The number of aliphatic imine (C=N–C) groups is 1. The molecule has 0 spiro atoms. The minimum Gasteiger partial charge on any atom is -0.494 e. The lowest BCUT2D eigenvalue weighted by Crippen LogP contribution is -2.37. The lowest BCUT2D eigenvalue weighted by atomic mass is 10.2. The van der Waals surface area contributed by atoms with Crippen LogP contribution in [0.15, 0.2) is 29.3 Å². The molecule has 5 nitrogen and oxygen atoms in total. The molecule has 2 N–H and O–H groups in total. The molecule has 1 heterocycles. The minimum atomic E-state index is 0. The van der Waals surface area contributed by atoms with E-state index in [0.717, 1.165) is 43.4 Å². The van der Waals surface area contributed by atoms with Gasteiger partial charge in [0.2, 0.25) is 0 Å². The average molecular weight is 488 g/mol. The second kappa shape index (κ2) is 12.1. The Morgan fingerprint density at radius 1 is 1.27 bits per heavy atom. The molecule has 7 heteroatoms. The van der Waals surface area contributed by atoms with Crippen LogP contribution in [0.25, 0.3) is 0 Å². The Hall–Kier alpha value is -1.35. The summed E-state index contributed by atoms with van der Waals surface area (Å²) in [6, 6.07) is 8.16. The van der Waals surface area contributed by atoms with E-state index < -0.39 is 0 Å².